The molecule has 0 saturated carbocycles. The fraction of sp³-hybridized carbons (Fsp3) is 0. The molecule has 0 atom stereocenters. The van der Waals surface area contributed by atoms with Crippen molar-refractivity contribution >= 4 is 35.3 Å². The summed E-state index contributed by atoms with van der Waals surface area (Å²) < 4.78 is 5.61. The van der Waals surface area contributed by atoms with E-state index in [2.05, 4.69) is 5.32 Å². The zero-order valence-electron chi connectivity index (χ0n) is 15.3. The van der Waals surface area contributed by atoms with E-state index in [0.29, 0.717) is 5.69 Å². The van der Waals surface area contributed by atoms with Crippen molar-refractivity contribution in [3.63, 3.8) is 0 Å². The highest BCUT2D eigenvalue weighted by Crippen LogP contribution is 2.31. The molecule has 9 nitrogen and oxygen atoms in total. The predicted octanol–water partition coefficient (Wildman–Crippen LogP) is 3.52. The number of rotatable bonds is 4. The molecule has 0 aliphatic carbocycles. The Morgan fingerprint density at radius 2 is 1.63 bits per heavy atom. The van der Waals surface area contributed by atoms with Crippen molar-refractivity contribution in [1.29, 1.82) is 0 Å². The number of barbiturate groups is 1. The molecule has 4 amide bonds. The molecule has 1 fully saturated rings. The van der Waals surface area contributed by atoms with Crippen LogP contribution in [0.5, 0.6) is 0 Å². The number of carbonyl (C=O) groups excluding carboxylic acids is 3. The largest absolute Gasteiger partial charge is 0.456 e. The molecule has 1 N–H and O–H groups in total. The molecule has 1 aliphatic heterocycles. The maximum absolute atomic E-state index is 12.8. The number of benzene rings is 2. The maximum atomic E-state index is 12.8. The fourth-order valence-corrected chi connectivity index (χ4v) is 3.03. The Balaban J connectivity index is 1.70. The minimum absolute atomic E-state index is 0.129. The van der Waals surface area contributed by atoms with Gasteiger partial charge in [-0.15, -0.1) is 0 Å². The quantitative estimate of drug-likeness (QED) is 0.308. The minimum atomic E-state index is -0.860. The molecule has 0 unspecified atom stereocenters. The van der Waals surface area contributed by atoms with Gasteiger partial charge in [0.2, 0.25) is 0 Å². The van der Waals surface area contributed by atoms with E-state index in [4.69, 9.17) is 4.42 Å². The molecule has 30 heavy (non-hydrogen) atoms. The lowest BCUT2D eigenvalue weighted by Crippen LogP contribution is -2.54. The highest BCUT2D eigenvalue weighted by molar-refractivity contribution is 6.39. The van der Waals surface area contributed by atoms with Gasteiger partial charge in [-0.2, -0.15) is 0 Å². The Morgan fingerprint density at radius 3 is 2.37 bits per heavy atom. The van der Waals surface area contributed by atoms with Crippen LogP contribution < -0.4 is 10.2 Å². The highest BCUT2D eigenvalue weighted by atomic mass is 16.6. The number of nitro groups is 1. The van der Waals surface area contributed by atoms with E-state index in [1.165, 1.54) is 36.4 Å². The fourth-order valence-electron chi connectivity index (χ4n) is 3.03. The Kier molecular flexibility index (Phi) is 4.69. The van der Waals surface area contributed by atoms with Crippen molar-refractivity contribution in [2.45, 2.75) is 0 Å². The molecule has 148 valence electrons. The van der Waals surface area contributed by atoms with Crippen LogP contribution in [-0.4, -0.2) is 22.8 Å². The third kappa shape index (κ3) is 3.35. The van der Waals surface area contributed by atoms with Gasteiger partial charge in [0.1, 0.15) is 17.1 Å². The lowest BCUT2D eigenvalue weighted by atomic mass is 10.1. The summed E-state index contributed by atoms with van der Waals surface area (Å²) in [4.78, 5) is 48.8. The normalized spacial score (nSPS) is 15.4. The summed E-state index contributed by atoms with van der Waals surface area (Å²) in [6.45, 7) is 0. The van der Waals surface area contributed by atoms with Crippen LogP contribution >= 0.6 is 0 Å². The number of furan rings is 1. The lowest BCUT2D eigenvalue weighted by molar-refractivity contribution is -0.384. The molecule has 2 heterocycles. The van der Waals surface area contributed by atoms with Crippen LogP contribution in [0.4, 0.5) is 16.2 Å². The smallest absolute Gasteiger partial charge is 0.335 e. The van der Waals surface area contributed by atoms with Crippen LogP contribution in [0.15, 0.2) is 76.7 Å². The molecular formula is C21H13N3O6. The van der Waals surface area contributed by atoms with E-state index in [-0.39, 0.29) is 28.3 Å². The van der Waals surface area contributed by atoms with E-state index in [0.717, 1.165) is 4.90 Å². The summed E-state index contributed by atoms with van der Waals surface area (Å²) in [5.74, 6) is -1.34. The molecule has 2 aromatic carbocycles. The molecule has 0 spiro atoms. The first-order chi connectivity index (χ1) is 14.5. The highest BCUT2D eigenvalue weighted by Gasteiger charge is 2.37. The summed E-state index contributed by atoms with van der Waals surface area (Å²) in [6, 6.07) is 16.3. The molecule has 0 bridgehead atoms. The molecular weight excluding hydrogens is 390 g/mol. The summed E-state index contributed by atoms with van der Waals surface area (Å²) in [5, 5.41) is 13.3. The van der Waals surface area contributed by atoms with Gasteiger partial charge in [0.05, 0.1) is 16.2 Å². The zero-order valence-corrected chi connectivity index (χ0v) is 15.3. The average Bonchev–Trinajstić information content (AvgIpc) is 3.20. The predicted molar refractivity (Wildman–Crippen MR) is 106 cm³/mol. The molecule has 9 heteroatoms. The SMILES string of the molecule is O=C1NC(=O)N(c2ccccc2)C(=O)/C1=C\c1ccc(-c2ccccc2[N+](=O)[O-])o1. The molecule has 1 saturated heterocycles. The van der Waals surface area contributed by atoms with Crippen molar-refractivity contribution in [2.24, 2.45) is 0 Å². The number of nitrogens with zero attached hydrogens (tertiary/aromatic N) is 2. The second kappa shape index (κ2) is 7.47. The first kappa shape index (κ1) is 18.8. The number of nitro benzene ring substituents is 1. The monoisotopic (exact) mass is 403 g/mol. The maximum Gasteiger partial charge on any atom is 0.335 e. The topological polar surface area (TPSA) is 123 Å². The number of para-hydroxylation sites is 2. The van der Waals surface area contributed by atoms with Crippen LogP contribution in [0.1, 0.15) is 5.76 Å². The molecule has 3 aromatic rings. The molecule has 4 rings (SSSR count). The van der Waals surface area contributed by atoms with E-state index < -0.39 is 22.8 Å². The van der Waals surface area contributed by atoms with Crippen molar-refractivity contribution in [2.75, 3.05) is 4.90 Å². The standard InChI is InChI=1S/C21H13N3O6/c25-19-16(20(26)23(21(27)22-19)13-6-2-1-3-7-13)12-14-10-11-18(30-14)15-8-4-5-9-17(15)24(28)29/h1-12H,(H,22,25,27)/b16-12-. The van der Waals surface area contributed by atoms with Crippen molar-refractivity contribution in [1.82, 2.24) is 5.32 Å². The Hall–Kier alpha value is -4.53. The Bertz CT molecular complexity index is 1210. The number of amides is 4. The number of carbonyl (C=O) groups is 3. The van der Waals surface area contributed by atoms with Gasteiger partial charge in [0, 0.05) is 6.07 Å². The number of imide groups is 2. The summed E-state index contributed by atoms with van der Waals surface area (Å²) in [6.07, 6.45) is 1.19. The first-order valence-corrected chi connectivity index (χ1v) is 8.76. The van der Waals surface area contributed by atoms with Crippen LogP contribution in [0.2, 0.25) is 0 Å². The Labute approximate surface area is 169 Å². The third-order valence-corrected chi connectivity index (χ3v) is 4.40. The number of anilines is 1. The number of hydrogen-bond donors (Lipinski definition) is 1. The number of hydrogen-bond acceptors (Lipinski definition) is 6. The van der Waals surface area contributed by atoms with E-state index in [9.17, 15) is 24.5 Å². The van der Waals surface area contributed by atoms with Gasteiger partial charge in [-0.1, -0.05) is 30.3 Å². The number of urea groups is 1. The van der Waals surface area contributed by atoms with Gasteiger partial charge in [0.25, 0.3) is 17.5 Å². The van der Waals surface area contributed by atoms with Gasteiger partial charge >= 0.3 is 6.03 Å². The van der Waals surface area contributed by atoms with Gasteiger partial charge in [-0.3, -0.25) is 25.0 Å². The van der Waals surface area contributed by atoms with Gasteiger partial charge < -0.3 is 4.42 Å². The second-order valence-corrected chi connectivity index (χ2v) is 6.27. The average molecular weight is 403 g/mol. The third-order valence-electron chi connectivity index (χ3n) is 4.40. The lowest BCUT2D eigenvalue weighted by Gasteiger charge is -2.26. The van der Waals surface area contributed by atoms with Gasteiger partial charge in [-0.05, 0) is 36.4 Å². The zero-order chi connectivity index (χ0) is 21.3. The number of nitrogens with one attached hydrogen (secondary N) is 1. The molecule has 1 aliphatic rings. The van der Waals surface area contributed by atoms with Crippen LogP contribution in [0.3, 0.4) is 0 Å². The van der Waals surface area contributed by atoms with Crippen molar-refractivity contribution < 1.29 is 23.7 Å². The van der Waals surface area contributed by atoms with Gasteiger partial charge in [-0.25, -0.2) is 9.69 Å². The van der Waals surface area contributed by atoms with Crippen LogP contribution in [-0.2, 0) is 9.59 Å². The summed E-state index contributed by atoms with van der Waals surface area (Å²) >= 11 is 0. The second-order valence-electron chi connectivity index (χ2n) is 6.27. The van der Waals surface area contributed by atoms with Crippen LogP contribution in [0, 0.1) is 10.1 Å². The van der Waals surface area contributed by atoms with E-state index >= 15 is 0 Å². The first-order valence-electron chi connectivity index (χ1n) is 8.76. The summed E-state index contributed by atoms with van der Waals surface area (Å²) in [7, 11) is 0. The Morgan fingerprint density at radius 1 is 0.933 bits per heavy atom. The van der Waals surface area contributed by atoms with Crippen molar-refractivity contribution in [3.05, 3.63) is 88.2 Å². The van der Waals surface area contributed by atoms with Gasteiger partial charge in [0.15, 0.2) is 0 Å². The summed E-state index contributed by atoms with van der Waals surface area (Å²) in [5.41, 5.74) is 0.117. The molecule has 1 aromatic heterocycles. The van der Waals surface area contributed by atoms with Crippen LogP contribution in [0.25, 0.3) is 17.4 Å². The minimum Gasteiger partial charge on any atom is -0.456 e. The molecule has 0 radical (unpaired) electrons. The van der Waals surface area contributed by atoms with Crippen molar-refractivity contribution in [3.8, 4) is 11.3 Å². The van der Waals surface area contributed by atoms with E-state index in [1.807, 2.05) is 0 Å². The van der Waals surface area contributed by atoms with E-state index in [1.54, 1.807) is 36.4 Å².